The first-order valence-electron chi connectivity index (χ1n) is 16.4. The maximum Gasteiger partial charge on any atom is 0.410 e. The number of furan rings is 1. The molecule has 3 fully saturated rings. The molecule has 44 heavy (non-hydrogen) atoms. The summed E-state index contributed by atoms with van der Waals surface area (Å²) in [5.41, 5.74) is -1.06. The molecule has 1 aromatic heterocycles. The van der Waals surface area contributed by atoms with Gasteiger partial charge in [-0.2, -0.15) is 0 Å². The van der Waals surface area contributed by atoms with Gasteiger partial charge in [0.2, 0.25) is 5.78 Å². The predicted molar refractivity (Wildman–Crippen MR) is 165 cm³/mol. The van der Waals surface area contributed by atoms with Gasteiger partial charge in [0.1, 0.15) is 0 Å². The SMILES string of the molecule is CCOC(=O)N(Cc1ccccc1)C[C@]1(O)CC[C@H]2[C@]34C=C[C@@]5(C=C3C(=O)c3ccco3)CC(O)CC[C@]5(C)[C@H]4CC[C@@]21C. The zero-order valence-corrected chi connectivity index (χ0v) is 26.1. The Balaban J connectivity index is 1.31. The average molecular weight is 600 g/mol. The van der Waals surface area contributed by atoms with E-state index in [1.165, 1.54) is 0 Å². The molecule has 1 heterocycles. The smallest absolute Gasteiger partial charge is 0.410 e. The highest BCUT2D eigenvalue weighted by atomic mass is 16.6. The Morgan fingerprint density at radius 2 is 1.70 bits per heavy atom. The largest absolute Gasteiger partial charge is 0.461 e. The van der Waals surface area contributed by atoms with Crippen molar-refractivity contribution < 1.29 is 29.0 Å². The Hall–Kier alpha value is -3.16. The summed E-state index contributed by atoms with van der Waals surface area (Å²) in [5, 5.41) is 23.6. The zero-order valence-electron chi connectivity index (χ0n) is 26.1. The number of Topliss-reactive ketones (excluding diaryl/α,β-unsaturated/α-hetero) is 1. The number of hydrogen-bond donors (Lipinski definition) is 2. The summed E-state index contributed by atoms with van der Waals surface area (Å²) in [6.45, 7) is 7.13. The molecule has 1 unspecified atom stereocenters. The number of fused-ring (bicyclic) bond motifs is 1. The molecule has 8 rings (SSSR count). The lowest BCUT2D eigenvalue weighted by Gasteiger charge is -2.71. The second kappa shape index (κ2) is 10.2. The number of rotatable bonds is 7. The van der Waals surface area contributed by atoms with Crippen molar-refractivity contribution in [3.05, 3.63) is 83.9 Å². The first kappa shape index (κ1) is 29.5. The van der Waals surface area contributed by atoms with E-state index in [4.69, 9.17) is 9.15 Å². The fraction of sp³-hybridized carbons (Fsp3) is 0.568. The molecular weight excluding hydrogens is 554 g/mol. The minimum atomic E-state index is -1.17. The van der Waals surface area contributed by atoms with Crippen molar-refractivity contribution in [1.29, 1.82) is 0 Å². The normalized spacial score (nSPS) is 40.0. The van der Waals surface area contributed by atoms with Crippen molar-refractivity contribution in [2.45, 2.75) is 84.0 Å². The number of aliphatic hydroxyl groups excluding tert-OH is 1. The predicted octanol–water partition coefficient (Wildman–Crippen LogP) is 6.71. The van der Waals surface area contributed by atoms with Gasteiger partial charge in [-0.1, -0.05) is 62.4 Å². The van der Waals surface area contributed by atoms with Crippen LogP contribution in [0.3, 0.4) is 0 Å². The lowest BCUT2D eigenvalue weighted by molar-refractivity contribution is -0.175. The van der Waals surface area contributed by atoms with E-state index in [9.17, 15) is 19.8 Å². The highest BCUT2D eigenvalue weighted by molar-refractivity contribution is 6.08. The molecule has 2 aromatic rings. The highest BCUT2D eigenvalue weighted by Crippen LogP contribution is 2.78. The van der Waals surface area contributed by atoms with Gasteiger partial charge in [-0.05, 0) is 86.8 Å². The van der Waals surface area contributed by atoms with Gasteiger partial charge in [-0.3, -0.25) is 4.79 Å². The van der Waals surface area contributed by atoms with E-state index in [0.29, 0.717) is 25.1 Å². The van der Waals surface area contributed by atoms with Crippen LogP contribution in [0, 0.1) is 33.5 Å². The van der Waals surface area contributed by atoms with Crippen LogP contribution in [0.5, 0.6) is 0 Å². The fourth-order valence-electron chi connectivity index (χ4n) is 10.7. The molecule has 2 spiro atoms. The van der Waals surface area contributed by atoms with Crippen LogP contribution < -0.4 is 0 Å². The van der Waals surface area contributed by atoms with E-state index in [1.54, 1.807) is 30.2 Å². The Morgan fingerprint density at radius 1 is 0.977 bits per heavy atom. The van der Waals surface area contributed by atoms with Crippen molar-refractivity contribution >= 4 is 11.9 Å². The van der Waals surface area contributed by atoms with Crippen LogP contribution in [-0.2, 0) is 11.3 Å². The van der Waals surface area contributed by atoms with E-state index in [2.05, 4.69) is 32.1 Å². The van der Waals surface area contributed by atoms with Crippen LogP contribution in [-0.4, -0.2) is 51.8 Å². The maximum atomic E-state index is 14.4. The fourth-order valence-corrected chi connectivity index (χ4v) is 10.7. The van der Waals surface area contributed by atoms with E-state index < -0.39 is 34.0 Å². The quantitative estimate of drug-likeness (QED) is 0.271. The van der Waals surface area contributed by atoms with Gasteiger partial charge >= 0.3 is 6.09 Å². The summed E-state index contributed by atoms with van der Waals surface area (Å²) in [6.07, 6.45) is 12.7. The summed E-state index contributed by atoms with van der Waals surface area (Å²) >= 11 is 0. The van der Waals surface area contributed by atoms with Gasteiger partial charge in [0.15, 0.2) is 5.76 Å². The number of carbonyl (C=O) groups is 2. The number of carbonyl (C=O) groups excluding carboxylic acids is 2. The number of ketones is 1. The Bertz CT molecular complexity index is 1500. The monoisotopic (exact) mass is 599 g/mol. The van der Waals surface area contributed by atoms with Crippen molar-refractivity contribution in [2.75, 3.05) is 13.2 Å². The van der Waals surface area contributed by atoms with Gasteiger partial charge in [0.25, 0.3) is 0 Å². The molecule has 1 aromatic carbocycles. The van der Waals surface area contributed by atoms with Gasteiger partial charge in [-0.15, -0.1) is 0 Å². The van der Waals surface area contributed by atoms with Gasteiger partial charge in [0.05, 0.1) is 31.1 Å². The minimum Gasteiger partial charge on any atom is -0.461 e. The van der Waals surface area contributed by atoms with E-state index in [0.717, 1.165) is 43.2 Å². The van der Waals surface area contributed by atoms with E-state index in [-0.39, 0.29) is 36.2 Å². The van der Waals surface area contributed by atoms with Gasteiger partial charge < -0.3 is 24.3 Å². The molecule has 7 heteroatoms. The summed E-state index contributed by atoms with van der Waals surface area (Å²) in [5.74, 6) is 0.416. The molecule has 6 aliphatic rings. The van der Waals surface area contributed by atoms with Crippen molar-refractivity contribution in [3.63, 3.8) is 0 Å². The second-order valence-electron chi connectivity index (χ2n) is 14.7. The lowest BCUT2D eigenvalue weighted by atomic mass is 9.32. The summed E-state index contributed by atoms with van der Waals surface area (Å²) in [7, 11) is 0. The molecule has 7 nitrogen and oxygen atoms in total. The molecule has 2 N–H and O–H groups in total. The Kier molecular flexibility index (Phi) is 6.84. The second-order valence-corrected chi connectivity index (χ2v) is 14.7. The Labute approximate surface area is 260 Å². The number of allylic oxidation sites excluding steroid dienone is 4. The van der Waals surface area contributed by atoms with Crippen LogP contribution in [0.15, 0.2) is 76.9 Å². The summed E-state index contributed by atoms with van der Waals surface area (Å²) in [4.78, 5) is 29.3. The molecule has 1 amide bonds. The molecule has 8 atom stereocenters. The van der Waals surface area contributed by atoms with Crippen LogP contribution in [0.1, 0.15) is 81.8 Å². The zero-order chi connectivity index (χ0) is 31.0. The molecular formula is C37H45NO6. The van der Waals surface area contributed by atoms with Crippen molar-refractivity contribution in [3.8, 4) is 0 Å². The lowest BCUT2D eigenvalue weighted by Crippen LogP contribution is -2.67. The number of nitrogens with zero attached hydrogens (tertiary/aromatic N) is 1. The standard InChI is InChI=1S/C37H45NO6/c1-4-43-32(41)38(23-25-9-6-5-7-10-25)24-36(42)17-14-30-34(36,3)16-13-29-33(2)15-12-26(39)21-35(33)18-19-37(29,30)27(22-35)31(40)28-11-8-20-44-28/h5-11,18-20,22,26,29-30,39,42H,4,12-17,21,23-24H2,1-3H3/t26?,29-,30-,33-,34+,35+,36-,37-/m1/s1. The number of amides is 1. The third-order valence-corrected chi connectivity index (χ3v) is 12.9. The molecule has 0 radical (unpaired) electrons. The third-order valence-electron chi connectivity index (χ3n) is 12.9. The molecule has 2 bridgehead atoms. The molecule has 3 saturated carbocycles. The number of hydrogen-bond acceptors (Lipinski definition) is 6. The van der Waals surface area contributed by atoms with E-state index in [1.807, 2.05) is 30.3 Å². The third kappa shape index (κ3) is 3.94. The van der Waals surface area contributed by atoms with Crippen LogP contribution >= 0.6 is 0 Å². The number of ether oxygens (including phenoxy) is 1. The summed E-state index contributed by atoms with van der Waals surface area (Å²) < 4.78 is 11.2. The van der Waals surface area contributed by atoms with Crippen molar-refractivity contribution in [2.24, 2.45) is 33.5 Å². The number of aliphatic hydroxyl groups is 2. The molecule has 234 valence electrons. The highest BCUT2D eigenvalue weighted by Gasteiger charge is 2.74. The first-order chi connectivity index (χ1) is 21.0. The number of benzene rings is 1. The molecule has 0 saturated heterocycles. The Morgan fingerprint density at radius 3 is 2.43 bits per heavy atom. The van der Waals surface area contributed by atoms with E-state index >= 15 is 0 Å². The van der Waals surface area contributed by atoms with Gasteiger partial charge in [0, 0.05) is 28.4 Å². The first-order valence-corrected chi connectivity index (χ1v) is 16.4. The van der Waals surface area contributed by atoms with Crippen molar-refractivity contribution in [1.82, 2.24) is 4.90 Å². The van der Waals surface area contributed by atoms with Gasteiger partial charge in [-0.25, -0.2) is 4.79 Å². The maximum absolute atomic E-state index is 14.4. The average Bonchev–Trinajstić information content (AvgIpc) is 3.64. The topological polar surface area (TPSA) is 100 Å². The molecule has 6 aliphatic carbocycles. The van der Waals surface area contributed by atoms with Crippen LogP contribution in [0.2, 0.25) is 0 Å². The van der Waals surface area contributed by atoms with Crippen LogP contribution in [0.4, 0.5) is 4.79 Å². The summed E-state index contributed by atoms with van der Waals surface area (Å²) in [6, 6.07) is 13.3. The van der Waals surface area contributed by atoms with Crippen LogP contribution in [0.25, 0.3) is 0 Å². The minimum absolute atomic E-state index is 0.0112. The molecule has 0 aliphatic heterocycles.